The first kappa shape index (κ1) is 13.5. The fourth-order valence-electron chi connectivity index (χ4n) is 1.51. The van der Waals surface area contributed by atoms with Gasteiger partial charge in [-0.15, -0.1) is 0 Å². The van der Waals surface area contributed by atoms with Gasteiger partial charge in [0.25, 0.3) is 0 Å². The zero-order chi connectivity index (χ0) is 12.5. The van der Waals surface area contributed by atoms with Gasteiger partial charge in [0, 0.05) is 26.3 Å². The molecule has 1 rings (SSSR count). The second-order valence-electron chi connectivity index (χ2n) is 3.66. The molecule has 0 saturated heterocycles. The van der Waals surface area contributed by atoms with Crippen LogP contribution in [0.1, 0.15) is 6.92 Å². The number of para-hydroxylation sites is 1. The van der Waals surface area contributed by atoms with E-state index in [-0.39, 0.29) is 5.97 Å². The first-order valence-corrected chi connectivity index (χ1v) is 5.66. The number of rotatable bonds is 7. The number of ether oxygens (including phenoxy) is 2. The lowest BCUT2D eigenvalue weighted by molar-refractivity contribution is -0.140. The molecular weight excluding hydrogens is 218 g/mol. The highest BCUT2D eigenvalue weighted by Crippen LogP contribution is 2.12. The number of carbonyl (C=O) groups is 1. The molecule has 0 aliphatic carbocycles. The van der Waals surface area contributed by atoms with Crippen molar-refractivity contribution in [1.29, 1.82) is 0 Å². The zero-order valence-electron chi connectivity index (χ0n) is 10.4. The molecule has 0 atom stereocenters. The Morgan fingerprint density at radius 1 is 1.18 bits per heavy atom. The quantitative estimate of drug-likeness (QED) is 0.677. The number of nitrogens with zero attached hydrogens (tertiary/aromatic N) is 1. The Morgan fingerprint density at radius 3 is 2.41 bits per heavy atom. The molecule has 0 bridgehead atoms. The molecule has 0 heterocycles. The standard InChI is InChI=1S/C13H19NO3/c1-12(15)17-11-9-14(8-10-16-2)13-6-4-3-5-7-13/h3-7H,8-11H2,1-2H3. The molecule has 1 aromatic carbocycles. The molecular formula is C13H19NO3. The number of hydrogen-bond donors (Lipinski definition) is 0. The number of carbonyl (C=O) groups excluding carboxylic acids is 1. The lowest BCUT2D eigenvalue weighted by Crippen LogP contribution is -2.31. The Morgan fingerprint density at radius 2 is 1.82 bits per heavy atom. The summed E-state index contributed by atoms with van der Waals surface area (Å²) in [6.45, 7) is 3.92. The number of hydrogen-bond acceptors (Lipinski definition) is 4. The third-order valence-electron chi connectivity index (χ3n) is 2.35. The highest BCUT2D eigenvalue weighted by atomic mass is 16.5. The van der Waals surface area contributed by atoms with Crippen molar-refractivity contribution in [3.05, 3.63) is 30.3 Å². The third-order valence-corrected chi connectivity index (χ3v) is 2.35. The first-order chi connectivity index (χ1) is 8.24. The van der Waals surface area contributed by atoms with Crippen LogP contribution in [0.5, 0.6) is 0 Å². The molecule has 0 aliphatic rings. The van der Waals surface area contributed by atoms with Crippen molar-refractivity contribution < 1.29 is 14.3 Å². The van der Waals surface area contributed by atoms with E-state index in [1.807, 2.05) is 30.3 Å². The lowest BCUT2D eigenvalue weighted by Gasteiger charge is -2.24. The largest absolute Gasteiger partial charge is 0.464 e. The molecule has 0 amide bonds. The molecule has 17 heavy (non-hydrogen) atoms. The molecule has 0 radical (unpaired) electrons. The van der Waals surface area contributed by atoms with E-state index in [2.05, 4.69) is 4.90 Å². The first-order valence-electron chi connectivity index (χ1n) is 5.66. The molecule has 94 valence electrons. The van der Waals surface area contributed by atoms with Crippen LogP contribution in [-0.2, 0) is 14.3 Å². The maximum Gasteiger partial charge on any atom is 0.302 e. The lowest BCUT2D eigenvalue weighted by atomic mass is 10.3. The molecule has 4 nitrogen and oxygen atoms in total. The smallest absolute Gasteiger partial charge is 0.302 e. The molecule has 0 aromatic heterocycles. The number of esters is 1. The maximum absolute atomic E-state index is 10.7. The second-order valence-corrected chi connectivity index (χ2v) is 3.66. The molecule has 0 spiro atoms. The van der Waals surface area contributed by atoms with Crippen LogP contribution in [0, 0.1) is 0 Å². The average Bonchev–Trinajstić information content (AvgIpc) is 2.34. The van der Waals surface area contributed by atoms with Crippen LogP contribution in [0.2, 0.25) is 0 Å². The predicted molar refractivity (Wildman–Crippen MR) is 67.2 cm³/mol. The Labute approximate surface area is 102 Å². The van der Waals surface area contributed by atoms with E-state index in [9.17, 15) is 4.79 Å². The second kappa shape index (κ2) is 7.68. The molecule has 0 aliphatic heterocycles. The molecule has 0 saturated carbocycles. The number of benzene rings is 1. The van der Waals surface area contributed by atoms with E-state index >= 15 is 0 Å². The normalized spacial score (nSPS) is 10.0. The highest BCUT2D eigenvalue weighted by molar-refractivity contribution is 5.65. The topological polar surface area (TPSA) is 38.8 Å². The van der Waals surface area contributed by atoms with Gasteiger partial charge in [-0.3, -0.25) is 4.79 Å². The summed E-state index contributed by atoms with van der Waals surface area (Å²) in [5.74, 6) is -0.246. The molecule has 0 unspecified atom stereocenters. The van der Waals surface area contributed by atoms with Crippen LogP contribution >= 0.6 is 0 Å². The monoisotopic (exact) mass is 237 g/mol. The van der Waals surface area contributed by atoms with E-state index < -0.39 is 0 Å². The number of methoxy groups -OCH3 is 1. The van der Waals surface area contributed by atoms with Crippen LogP contribution in [-0.4, -0.2) is 39.4 Å². The van der Waals surface area contributed by atoms with E-state index in [4.69, 9.17) is 9.47 Å². The van der Waals surface area contributed by atoms with E-state index in [1.54, 1.807) is 7.11 Å². The zero-order valence-corrected chi connectivity index (χ0v) is 10.4. The maximum atomic E-state index is 10.7. The van der Waals surface area contributed by atoms with Gasteiger partial charge in [0.05, 0.1) is 13.2 Å². The van der Waals surface area contributed by atoms with Gasteiger partial charge in [0.2, 0.25) is 0 Å². The van der Waals surface area contributed by atoms with Gasteiger partial charge in [0.15, 0.2) is 0 Å². The summed E-state index contributed by atoms with van der Waals surface area (Å²) in [5, 5.41) is 0. The van der Waals surface area contributed by atoms with Gasteiger partial charge >= 0.3 is 5.97 Å². The molecule has 0 fully saturated rings. The summed E-state index contributed by atoms with van der Waals surface area (Å²) in [5.41, 5.74) is 1.11. The third kappa shape index (κ3) is 5.36. The minimum atomic E-state index is -0.246. The Kier molecular flexibility index (Phi) is 6.10. The fraction of sp³-hybridized carbons (Fsp3) is 0.462. The van der Waals surface area contributed by atoms with Gasteiger partial charge < -0.3 is 14.4 Å². The molecule has 4 heteroatoms. The van der Waals surface area contributed by atoms with E-state index in [0.29, 0.717) is 19.8 Å². The molecule has 1 aromatic rings. The predicted octanol–water partition coefficient (Wildman–Crippen LogP) is 1.70. The minimum absolute atomic E-state index is 0.246. The summed E-state index contributed by atoms with van der Waals surface area (Å²) in [4.78, 5) is 12.8. The van der Waals surface area contributed by atoms with Gasteiger partial charge in [-0.25, -0.2) is 0 Å². The van der Waals surface area contributed by atoms with Crippen LogP contribution in [0.3, 0.4) is 0 Å². The summed E-state index contributed by atoms with van der Waals surface area (Å²) in [7, 11) is 1.68. The van der Waals surface area contributed by atoms with Crippen molar-refractivity contribution in [2.45, 2.75) is 6.92 Å². The van der Waals surface area contributed by atoms with Gasteiger partial charge in [-0.05, 0) is 12.1 Å². The van der Waals surface area contributed by atoms with Crippen molar-refractivity contribution in [1.82, 2.24) is 0 Å². The Balaban J connectivity index is 2.51. The summed E-state index contributed by atoms with van der Waals surface area (Å²) in [6.07, 6.45) is 0. The minimum Gasteiger partial charge on any atom is -0.464 e. The summed E-state index contributed by atoms with van der Waals surface area (Å²) in [6, 6.07) is 10.0. The molecule has 0 N–H and O–H groups in total. The van der Waals surface area contributed by atoms with E-state index in [0.717, 1.165) is 12.2 Å². The van der Waals surface area contributed by atoms with Crippen LogP contribution in [0.15, 0.2) is 30.3 Å². The van der Waals surface area contributed by atoms with Crippen molar-refractivity contribution in [3.8, 4) is 0 Å². The van der Waals surface area contributed by atoms with E-state index in [1.165, 1.54) is 6.92 Å². The highest BCUT2D eigenvalue weighted by Gasteiger charge is 2.06. The van der Waals surface area contributed by atoms with Crippen molar-refractivity contribution in [3.63, 3.8) is 0 Å². The summed E-state index contributed by atoms with van der Waals surface area (Å²) >= 11 is 0. The number of anilines is 1. The average molecular weight is 237 g/mol. The Bertz CT molecular complexity index is 327. The van der Waals surface area contributed by atoms with Crippen molar-refractivity contribution in [2.24, 2.45) is 0 Å². The van der Waals surface area contributed by atoms with Gasteiger partial charge in [-0.1, -0.05) is 18.2 Å². The van der Waals surface area contributed by atoms with Crippen LogP contribution in [0.4, 0.5) is 5.69 Å². The summed E-state index contributed by atoms with van der Waals surface area (Å²) < 4.78 is 10.0. The SMILES string of the molecule is COCCN(CCOC(C)=O)c1ccccc1. The Hall–Kier alpha value is -1.55. The van der Waals surface area contributed by atoms with Crippen molar-refractivity contribution in [2.75, 3.05) is 38.3 Å². The van der Waals surface area contributed by atoms with Gasteiger partial charge in [0.1, 0.15) is 6.61 Å². The van der Waals surface area contributed by atoms with Gasteiger partial charge in [-0.2, -0.15) is 0 Å². The van der Waals surface area contributed by atoms with Crippen molar-refractivity contribution >= 4 is 11.7 Å². The van der Waals surface area contributed by atoms with Crippen LogP contribution < -0.4 is 4.90 Å². The van der Waals surface area contributed by atoms with Crippen LogP contribution in [0.25, 0.3) is 0 Å². The fourth-order valence-corrected chi connectivity index (χ4v) is 1.51.